The van der Waals surface area contributed by atoms with E-state index in [2.05, 4.69) is 4.72 Å². The average molecular weight is 290 g/mol. The van der Waals surface area contributed by atoms with Gasteiger partial charge in [0.05, 0.1) is 4.90 Å². The van der Waals surface area contributed by atoms with E-state index in [4.69, 9.17) is 5.73 Å². The minimum absolute atomic E-state index is 0.117. The quantitative estimate of drug-likeness (QED) is 0.893. The number of thiophene rings is 1. The Kier molecular flexibility index (Phi) is 4.59. The molecule has 0 radical (unpaired) electrons. The van der Waals surface area contributed by atoms with E-state index < -0.39 is 10.0 Å². The van der Waals surface area contributed by atoms with E-state index in [1.807, 2.05) is 27.7 Å². The fourth-order valence-electron chi connectivity index (χ4n) is 1.36. The summed E-state index contributed by atoms with van der Waals surface area (Å²) in [7, 11) is -3.46. The Hall–Kier alpha value is -0.430. The first-order chi connectivity index (χ1) is 8.08. The van der Waals surface area contributed by atoms with Crippen LogP contribution in [0.15, 0.2) is 11.0 Å². The first-order valence-electron chi connectivity index (χ1n) is 5.89. The summed E-state index contributed by atoms with van der Waals surface area (Å²) in [6.45, 7) is 10.1. The molecule has 0 saturated heterocycles. The van der Waals surface area contributed by atoms with Crippen molar-refractivity contribution >= 4 is 21.4 Å². The molecule has 1 aromatic heterocycles. The molecule has 18 heavy (non-hydrogen) atoms. The lowest BCUT2D eigenvalue weighted by Gasteiger charge is -2.27. The third kappa shape index (κ3) is 3.54. The van der Waals surface area contributed by atoms with Crippen LogP contribution in [0.5, 0.6) is 0 Å². The Bertz CT molecular complexity index is 513. The molecule has 1 heterocycles. The second-order valence-corrected chi connectivity index (χ2v) is 8.57. The molecule has 4 nitrogen and oxygen atoms in total. The molecule has 0 aliphatic carbocycles. The largest absolute Gasteiger partial charge is 0.326 e. The zero-order chi connectivity index (χ0) is 14.1. The van der Waals surface area contributed by atoms with E-state index in [-0.39, 0.29) is 11.5 Å². The molecule has 0 amide bonds. The van der Waals surface area contributed by atoms with Crippen LogP contribution in [0.1, 0.15) is 37.4 Å². The van der Waals surface area contributed by atoms with E-state index in [0.29, 0.717) is 11.4 Å². The highest BCUT2D eigenvalue weighted by Crippen LogP contribution is 2.27. The van der Waals surface area contributed by atoms with Crippen molar-refractivity contribution in [1.29, 1.82) is 0 Å². The van der Waals surface area contributed by atoms with Gasteiger partial charge in [-0.1, -0.05) is 20.8 Å². The Morgan fingerprint density at radius 1 is 1.44 bits per heavy atom. The van der Waals surface area contributed by atoms with Gasteiger partial charge in [-0.25, -0.2) is 13.1 Å². The summed E-state index contributed by atoms with van der Waals surface area (Å²) in [4.78, 5) is 2.02. The molecule has 0 aliphatic rings. The van der Waals surface area contributed by atoms with E-state index in [9.17, 15) is 8.42 Å². The number of sulfonamides is 1. The molecule has 0 bridgehead atoms. The van der Waals surface area contributed by atoms with Gasteiger partial charge in [-0.3, -0.25) is 0 Å². The Morgan fingerprint density at radius 2 is 2.00 bits per heavy atom. The summed E-state index contributed by atoms with van der Waals surface area (Å²) >= 11 is 1.43. The van der Waals surface area contributed by atoms with E-state index >= 15 is 0 Å². The number of rotatable bonds is 4. The summed E-state index contributed by atoms with van der Waals surface area (Å²) in [5, 5.41) is 0. The van der Waals surface area contributed by atoms with Gasteiger partial charge in [0, 0.05) is 22.3 Å². The normalized spacial score (nSPS) is 14.8. The molecule has 3 N–H and O–H groups in total. The monoisotopic (exact) mass is 290 g/mol. The van der Waals surface area contributed by atoms with E-state index in [1.54, 1.807) is 13.0 Å². The fourth-order valence-corrected chi connectivity index (χ4v) is 4.33. The highest BCUT2D eigenvalue weighted by atomic mass is 32.2. The predicted molar refractivity (Wildman–Crippen MR) is 76.2 cm³/mol. The Balaban J connectivity index is 3.03. The van der Waals surface area contributed by atoms with Crippen molar-refractivity contribution < 1.29 is 8.42 Å². The van der Waals surface area contributed by atoms with Crippen LogP contribution in [0, 0.1) is 12.3 Å². The first kappa shape index (κ1) is 15.6. The summed E-state index contributed by atoms with van der Waals surface area (Å²) in [6, 6.07) is 1.53. The minimum atomic E-state index is -3.46. The zero-order valence-corrected chi connectivity index (χ0v) is 13.2. The lowest BCUT2D eigenvalue weighted by atomic mass is 9.89. The summed E-state index contributed by atoms with van der Waals surface area (Å²) in [5.41, 5.74) is 5.42. The fraction of sp³-hybridized carbons (Fsp3) is 0.667. The Morgan fingerprint density at radius 3 is 2.39 bits per heavy atom. The van der Waals surface area contributed by atoms with Crippen molar-refractivity contribution in [3.8, 4) is 0 Å². The van der Waals surface area contributed by atoms with Crippen molar-refractivity contribution in [1.82, 2.24) is 4.72 Å². The van der Waals surface area contributed by atoms with Gasteiger partial charge in [0.25, 0.3) is 0 Å². The number of aryl methyl sites for hydroxylation is 1. The molecule has 0 spiro atoms. The highest BCUT2D eigenvalue weighted by Gasteiger charge is 2.27. The lowest BCUT2D eigenvalue weighted by Crippen LogP contribution is -2.41. The van der Waals surface area contributed by atoms with Gasteiger partial charge in [0.2, 0.25) is 10.0 Å². The van der Waals surface area contributed by atoms with E-state index in [1.165, 1.54) is 11.3 Å². The summed E-state index contributed by atoms with van der Waals surface area (Å²) in [6.07, 6.45) is 0. The molecule has 0 saturated carbocycles. The summed E-state index contributed by atoms with van der Waals surface area (Å²) < 4.78 is 27.3. The molecular formula is C12H22N2O2S2. The molecule has 6 heteroatoms. The van der Waals surface area contributed by atoms with Crippen molar-refractivity contribution in [3.05, 3.63) is 15.8 Å². The van der Waals surface area contributed by atoms with Crippen LogP contribution in [-0.4, -0.2) is 14.5 Å². The molecular weight excluding hydrogens is 268 g/mol. The molecule has 1 rings (SSSR count). The maximum Gasteiger partial charge on any atom is 0.241 e. The minimum Gasteiger partial charge on any atom is -0.326 e. The van der Waals surface area contributed by atoms with Crippen molar-refractivity contribution in [2.24, 2.45) is 11.1 Å². The lowest BCUT2D eigenvalue weighted by molar-refractivity contribution is 0.317. The highest BCUT2D eigenvalue weighted by molar-refractivity contribution is 7.89. The number of hydrogen-bond acceptors (Lipinski definition) is 4. The van der Waals surface area contributed by atoms with Gasteiger partial charge < -0.3 is 5.73 Å². The maximum absolute atomic E-state index is 12.3. The van der Waals surface area contributed by atoms with Crippen LogP contribution in [-0.2, 0) is 16.6 Å². The van der Waals surface area contributed by atoms with Gasteiger partial charge in [0.1, 0.15) is 0 Å². The molecule has 104 valence electrons. The van der Waals surface area contributed by atoms with Gasteiger partial charge in [0.15, 0.2) is 0 Å². The van der Waals surface area contributed by atoms with Crippen LogP contribution in [0.25, 0.3) is 0 Å². The topological polar surface area (TPSA) is 72.2 Å². The van der Waals surface area contributed by atoms with Crippen LogP contribution in [0.2, 0.25) is 0 Å². The van der Waals surface area contributed by atoms with Gasteiger partial charge in [-0.2, -0.15) is 0 Å². The third-order valence-electron chi connectivity index (χ3n) is 3.04. The number of nitrogens with two attached hydrogens (primary N) is 1. The smallest absolute Gasteiger partial charge is 0.241 e. The van der Waals surface area contributed by atoms with Crippen molar-refractivity contribution in [2.45, 2.75) is 52.1 Å². The average Bonchev–Trinajstić information content (AvgIpc) is 2.58. The van der Waals surface area contributed by atoms with Crippen LogP contribution >= 0.6 is 11.3 Å². The molecule has 1 atom stereocenters. The van der Waals surface area contributed by atoms with Gasteiger partial charge in [-0.15, -0.1) is 11.3 Å². The predicted octanol–water partition coefficient (Wildman–Crippen LogP) is 2.23. The molecule has 0 aliphatic heterocycles. The second-order valence-electron chi connectivity index (χ2n) is 5.55. The first-order valence-corrected chi connectivity index (χ1v) is 8.19. The molecule has 1 aromatic rings. The molecule has 1 unspecified atom stereocenters. The zero-order valence-electron chi connectivity index (χ0n) is 11.6. The van der Waals surface area contributed by atoms with E-state index in [0.717, 1.165) is 9.75 Å². The standard InChI is InChI=1S/C12H22N2O2S2/c1-8-11(6-10(7-13)17-8)18(15,16)14-9(2)12(3,4)5/h6,9,14H,7,13H2,1-5H3. The summed E-state index contributed by atoms with van der Waals surface area (Å²) in [5.74, 6) is 0. The SMILES string of the molecule is Cc1sc(CN)cc1S(=O)(=O)NC(C)C(C)(C)C. The third-order valence-corrected chi connectivity index (χ3v) is 5.91. The van der Waals surface area contributed by atoms with Crippen LogP contribution < -0.4 is 10.5 Å². The number of hydrogen-bond donors (Lipinski definition) is 2. The van der Waals surface area contributed by atoms with Gasteiger partial charge in [-0.05, 0) is 25.3 Å². The Labute approximate surface area is 114 Å². The van der Waals surface area contributed by atoms with Crippen LogP contribution in [0.4, 0.5) is 0 Å². The number of nitrogens with one attached hydrogen (secondary N) is 1. The molecule has 0 aromatic carbocycles. The molecule has 0 fully saturated rings. The van der Waals surface area contributed by atoms with Gasteiger partial charge >= 0.3 is 0 Å². The second kappa shape index (κ2) is 5.28. The van der Waals surface area contributed by atoms with Crippen molar-refractivity contribution in [3.63, 3.8) is 0 Å². The maximum atomic E-state index is 12.3. The van der Waals surface area contributed by atoms with Crippen molar-refractivity contribution in [2.75, 3.05) is 0 Å². The van der Waals surface area contributed by atoms with Crippen LogP contribution in [0.3, 0.4) is 0 Å².